The van der Waals surface area contributed by atoms with E-state index in [2.05, 4.69) is 25.5 Å². The van der Waals surface area contributed by atoms with E-state index in [-0.39, 0.29) is 10.8 Å². The molecule has 0 radical (unpaired) electrons. The summed E-state index contributed by atoms with van der Waals surface area (Å²) in [6.45, 7) is 8.42. The quantitative estimate of drug-likeness (QED) is 0.849. The first-order valence-electron chi connectivity index (χ1n) is 6.39. The molecule has 1 unspecified atom stereocenters. The monoisotopic (exact) mass is 303 g/mol. The molecule has 0 saturated heterocycles. The maximum absolute atomic E-state index is 11.8. The molecule has 0 aliphatic heterocycles. The van der Waals surface area contributed by atoms with Gasteiger partial charge < -0.3 is 0 Å². The van der Waals surface area contributed by atoms with Gasteiger partial charge in [0.2, 0.25) is 10.0 Å². The fraction of sp³-hybridized carbons (Fsp3) is 0.571. The lowest BCUT2D eigenvalue weighted by atomic mass is 9.88. The van der Waals surface area contributed by atoms with Crippen LogP contribution in [0.15, 0.2) is 29.2 Å². The van der Waals surface area contributed by atoms with Crippen molar-refractivity contribution in [2.45, 2.75) is 44.4 Å². The molecule has 1 N–H and O–H groups in total. The molecule has 0 saturated carbocycles. The Bertz CT molecular complexity index is 503. The van der Waals surface area contributed by atoms with Gasteiger partial charge in [0.25, 0.3) is 0 Å². The average Bonchev–Trinajstić information content (AvgIpc) is 2.28. The summed E-state index contributed by atoms with van der Waals surface area (Å²) in [5.74, 6) is 0. The van der Waals surface area contributed by atoms with Crippen molar-refractivity contribution in [1.82, 2.24) is 4.72 Å². The Morgan fingerprint density at radius 3 is 2.16 bits per heavy atom. The molecule has 0 heterocycles. The van der Waals surface area contributed by atoms with Gasteiger partial charge in [-0.15, -0.1) is 11.6 Å². The maximum atomic E-state index is 11.8. The van der Waals surface area contributed by atoms with Crippen molar-refractivity contribution in [3.63, 3.8) is 0 Å². The number of nitrogens with one attached hydrogen (secondary N) is 1. The zero-order valence-electron chi connectivity index (χ0n) is 11.9. The number of sulfonamides is 1. The van der Waals surface area contributed by atoms with E-state index in [0.29, 0.717) is 11.4 Å². The van der Waals surface area contributed by atoms with Crippen LogP contribution < -0.4 is 4.72 Å². The standard InChI is InChI=1S/C14H22ClNO2S/c1-5-16-19(17,18)12-8-6-11(7-9-12)10-13(15)14(2,3)4/h6-9,13,16H,5,10H2,1-4H3. The summed E-state index contributed by atoms with van der Waals surface area (Å²) in [5, 5.41) is 0.0173. The zero-order chi connectivity index (χ0) is 14.7. The number of hydrogen-bond acceptors (Lipinski definition) is 2. The summed E-state index contributed by atoms with van der Waals surface area (Å²) in [6.07, 6.45) is 0.729. The molecule has 0 aromatic heterocycles. The van der Waals surface area contributed by atoms with Crippen LogP contribution in [0.5, 0.6) is 0 Å². The predicted molar refractivity (Wildman–Crippen MR) is 80.1 cm³/mol. The van der Waals surface area contributed by atoms with Crippen LogP contribution in [0.3, 0.4) is 0 Å². The Balaban J connectivity index is 2.83. The van der Waals surface area contributed by atoms with Gasteiger partial charge in [-0.3, -0.25) is 0 Å². The lowest BCUT2D eigenvalue weighted by Gasteiger charge is -2.25. The summed E-state index contributed by atoms with van der Waals surface area (Å²) in [7, 11) is -3.37. The van der Waals surface area contributed by atoms with Crippen molar-refractivity contribution in [2.24, 2.45) is 5.41 Å². The van der Waals surface area contributed by atoms with E-state index in [0.717, 1.165) is 12.0 Å². The minimum atomic E-state index is -3.37. The molecule has 0 spiro atoms. The third-order valence-electron chi connectivity index (χ3n) is 2.92. The molecule has 19 heavy (non-hydrogen) atoms. The van der Waals surface area contributed by atoms with Gasteiger partial charge in [-0.05, 0) is 29.5 Å². The lowest BCUT2D eigenvalue weighted by Crippen LogP contribution is -2.24. The second kappa shape index (κ2) is 6.25. The van der Waals surface area contributed by atoms with Gasteiger partial charge >= 0.3 is 0 Å². The predicted octanol–water partition coefficient (Wildman–Crippen LogP) is 3.18. The zero-order valence-corrected chi connectivity index (χ0v) is 13.5. The molecule has 0 amide bonds. The number of hydrogen-bond donors (Lipinski definition) is 1. The van der Waals surface area contributed by atoms with Gasteiger partial charge in [-0.2, -0.15) is 0 Å². The molecule has 0 aliphatic rings. The largest absolute Gasteiger partial charge is 0.240 e. The van der Waals surface area contributed by atoms with Crippen LogP contribution in [-0.4, -0.2) is 20.3 Å². The number of benzene rings is 1. The lowest BCUT2D eigenvalue weighted by molar-refractivity contribution is 0.386. The van der Waals surface area contributed by atoms with Crippen LogP contribution in [-0.2, 0) is 16.4 Å². The highest BCUT2D eigenvalue weighted by atomic mass is 35.5. The highest BCUT2D eigenvalue weighted by Crippen LogP contribution is 2.27. The minimum Gasteiger partial charge on any atom is -0.211 e. The van der Waals surface area contributed by atoms with Crippen molar-refractivity contribution in [2.75, 3.05) is 6.54 Å². The van der Waals surface area contributed by atoms with E-state index < -0.39 is 10.0 Å². The van der Waals surface area contributed by atoms with Crippen molar-refractivity contribution in [3.05, 3.63) is 29.8 Å². The first-order chi connectivity index (χ1) is 8.66. The Morgan fingerprint density at radius 2 is 1.74 bits per heavy atom. The van der Waals surface area contributed by atoms with Gasteiger partial charge in [0.05, 0.1) is 4.90 Å². The first-order valence-corrected chi connectivity index (χ1v) is 8.31. The van der Waals surface area contributed by atoms with E-state index in [4.69, 9.17) is 11.6 Å². The van der Waals surface area contributed by atoms with E-state index in [9.17, 15) is 8.42 Å². The summed E-state index contributed by atoms with van der Waals surface area (Å²) >= 11 is 6.34. The number of rotatable bonds is 5. The molecule has 0 fully saturated rings. The molecular weight excluding hydrogens is 282 g/mol. The average molecular weight is 304 g/mol. The van der Waals surface area contributed by atoms with Gasteiger partial charge in [0.1, 0.15) is 0 Å². The molecule has 1 aromatic rings. The second-order valence-electron chi connectivity index (χ2n) is 5.68. The summed E-state index contributed by atoms with van der Waals surface area (Å²) in [5.41, 5.74) is 1.07. The van der Waals surface area contributed by atoms with E-state index in [1.54, 1.807) is 19.1 Å². The SMILES string of the molecule is CCNS(=O)(=O)c1ccc(CC(Cl)C(C)(C)C)cc1. The van der Waals surface area contributed by atoms with Crippen LogP contribution in [0.25, 0.3) is 0 Å². The van der Waals surface area contributed by atoms with Crippen molar-refractivity contribution in [1.29, 1.82) is 0 Å². The Morgan fingerprint density at radius 1 is 1.21 bits per heavy atom. The minimum absolute atomic E-state index is 0.0173. The Hall–Kier alpha value is -0.580. The summed E-state index contributed by atoms with van der Waals surface area (Å²) in [6, 6.07) is 6.90. The molecule has 5 heteroatoms. The Kier molecular flexibility index (Phi) is 5.42. The molecular formula is C14H22ClNO2S. The molecule has 1 rings (SSSR count). The van der Waals surface area contributed by atoms with E-state index in [1.807, 2.05) is 12.1 Å². The van der Waals surface area contributed by atoms with E-state index in [1.165, 1.54) is 0 Å². The summed E-state index contributed by atoms with van der Waals surface area (Å²) in [4.78, 5) is 0.292. The summed E-state index contributed by atoms with van der Waals surface area (Å²) < 4.78 is 26.0. The second-order valence-corrected chi connectivity index (χ2v) is 7.98. The Labute approximate surface area is 121 Å². The fourth-order valence-electron chi connectivity index (χ4n) is 1.59. The van der Waals surface area contributed by atoms with Crippen LogP contribution in [0.1, 0.15) is 33.3 Å². The van der Waals surface area contributed by atoms with Crippen LogP contribution >= 0.6 is 11.6 Å². The smallest absolute Gasteiger partial charge is 0.211 e. The third-order valence-corrected chi connectivity index (χ3v) is 5.29. The van der Waals surface area contributed by atoms with Gasteiger partial charge in [0.15, 0.2) is 0 Å². The number of halogens is 1. The van der Waals surface area contributed by atoms with Crippen LogP contribution in [0.4, 0.5) is 0 Å². The molecule has 3 nitrogen and oxygen atoms in total. The third kappa shape index (κ3) is 4.79. The molecule has 0 aliphatic carbocycles. The molecule has 1 atom stereocenters. The van der Waals surface area contributed by atoms with Gasteiger partial charge in [0, 0.05) is 11.9 Å². The molecule has 1 aromatic carbocycles. The van der Waals surface area contributed by atoms with Crippen molar-refractivity contribution < 1.29 is 8.42 Å². The topological polar surface area (TPSA) is 46.2 Å². The normalized spacial score (nSPS) is 14.4. The van der Waals surface area contributed by atoms with Gasteiger partial charge in [-0.1, -0.05) is 39.8 Å². The molecule has 108 valence electrons. The number of alkyl halides is 1. The molecule has 0 bridgehead atoms. The highest BCUT2D eigenvalue weighted by Gasteiger charge is 2.22. The highest BCUT2D eigenvalue weighted by molar-refractivity contribution is 7.89. The van der Waals surface area contributed by atoms with E-state index >= 15 is 0 Å². The van der Waals surface area contributed by atoms with Crippen LogP contribution in [0, 0.1) is 5.41 Å². The van der Waals surface area contributed by atoms with Crippen LogP contribution in [0.2, 0.25) is 0 Å². The van der Waals surface area contributed by atoms with Crippen molar-refractivity contribution in [3.8, 4) is 0 Å². The van der Waals surface area contributed by atoms with Gasteiger partial charge in [-0.25, -0.2) is 13.1 Å². The van der Waals surface area contributed by atoms with Crippen molar-refractivity contribution >= 4 is 21.6 Å². The maximum Gasteiger partial charge on any atom is 0.240 e. The fourth-order valence-corrected chi connectivity index (χ4v) is 2.81. The first kappa shape index (κ1) is 16.5.